The molecule has 1 unspecified atom stereocenters. The predicted octanol–water partition coefficient (Wildman–Crippen LogP) is 0.793. The van der Waals surface area contributed by atoms with E-state index in [1.165, 1.54) is 0 Å². The van der Waals surface area contributed by atoms with Crippen LogP contribution in [0.15, 0.2) is 12.7 Å². The lowest BCUT2D eigenvalue weighted by atomic mass is 10.2. The summed E-state index contributed by atoms with van der Waals surface area (Å²) in [4.78, 5) is 22.2. The monoisotopic (exact) mass is 294 g/mol. The third-order valence-corrected chi connectivity index (χ3v) is 1.86. The normalized spacial score (nSPS) is 12.8. The SMILES string of the molecule is C=CC(=O)OCC(CO)OC(=O)C(C)(C)Br. The number of halogens is 1. The van der Waals surface area contributed by atoms with Gasteiger partial charge in [0.25, 0.3) is 0 Å². The summed E-state index contributed by atoms with van der Waals surface area (Å²) in [5.41, 5.74) is 0. The fourth-order valence-electron chi connectivity index (χ4n) is 0.649. The lowest BCUT2D eigenvalue weighted by Crippen LogP contribution is -2.35. The molecule has 92 valence electrons. The Morgan fingerprint density at radius 1 is 1.56 bits per heavy atom. The molecule has 1 N–H and O–H groups in total. The zero-order valence-electron chi connectivity index (χ0n) is 9.23. The van der Waals surface area contributed by atoms with Gasteiger partial charge in [-0.2, -0.15) is 0 Å². The van der Waals surface area contributed by atoms with Crippen LogP contribution in [0.25, 0.3) is 0 Å². The van der Waals surface area contributed by atoms with E-state index in [2.05, 4.69) is 27.2 Å². The number of rotatable bonds is 6. The second kappa shape index (κ2) is 6.65. The number of carbonyl (C=O) groups is 2. The molecule has 0 aromatic heterocycles. The summed E-state index contributed by atoms with van der Waals surface area (Å²) in [5, 5.41) is 8.92. The van der Waals surface area contributed by atoms with E-state index < -0.39 is 29.0 Å². The van der Waals surface area contributed by atoms with Crippen LogP contribution in [0, 0.1) is 0 Å². The largest absolute Gasteiger partial charge is 0.458 e. The van der Waals surface area contributed by atoms with Crippen molar-refractivity contribution in [3.05, 3.63) is 12.7 Å². The minimum atomic E-state index is -0.867. The number of aliphatic hydroxyl groups is 1. The number of carbonyl (C=O) groups excluding carboxylic acids is 2. The first kappa shape index (κ1) is 15.1. The van der Waals surface area contributed by atoms with Gasteiger partial charge in [-0.25, -0.2) is 4.79 Å². The Kier molecular flexibility index (Phi) is 6.28. The maximum absolute atomic E-state index is 11.4. The van der Waals surface area contributed by atoms with Crippen molar-refractivity contribution >= 4 is 27.9 Å². The molecule has 0 saturated heterocycles. The lowest BCUT2D eigenvalue weighted by molar-refractivity contribution is -0.160. The van der Waals surface area contributed by atoms with Gasteiger partial charge in [-0.1, -0.05) is 22.5 Å². The third kappa shape index (κ3) is 5.87. The summed E-state index contributed by atoms with van der Waals surface area (Å²) in [7, 11) is 0. The Morgan fingerprint density at radius 3 is 2.50 bits per heavy atom. The fourth-order valence-corrected chi connectivity index (χ4v) is 0.743. The van der Waals surface area contributed by atoms with Crippen molar-refractivity contribution < 1.29 is 24.2 Å². The van der Waals surface area contributed by atoms with Crippen LogP contribution in [0.2, 0.25) is 0 Å². The molecule has 0 bridgehead atoms. The molecular formula is C10H15BrO5. The highest BCUT2D eigenvalue weighted by atomic mass is 79.9. The van der Waals surface area contributed by atoms with Gasteiger partial charge < -0.3 is 14.6 Å². The molecule has 5 nitrogen and oxygen atoms in total. The molecule has 0 saturated carbocycles. The number of ether oxygens (including phenoxy) is 2. The number of hydrogen-bond acceptors (Lipinski definition) is 5. The smallest absolute Gasteiger partial charge is 0.330 e. The van der Waals surface area contributed by atoms with Crippen molar-refractivity contribution in [1.82, 2.24) is 0 Å². The number of hydrogen-bond donors (Lipinski definition) is 1. The van der Waals surface area contributed by atoms with Gasteiger partial charge in [0.2, 0.25) is 0 Å². The molecular weight excluding hydrogens is 280 g/mol. The van der Waals surface area contributed by atoms with E-state index in [1.54, 1.807) is 13.8 Å². The maximum Gasteiger partial charge on any atom is 0.330 e. The summed E-state index contributed by atoms with van der Waals surface area (Å²) in [6, 6.07) is 0. The van der Waals surface area contributed by atoms with E-state index in [-0.39, 0.29) is 6.61 Å². The van der Waals surface area contributed by atoms with Crippen LogP contribution in [0.4, 0.5) is 0 Å². The Labute approximate surface area is 103 Å². The Bertz CT molecular complexity index is 269. The fraction of sp³-hybridized carbons (Fsp3) is 0.600. The van der Waals surface area contributed by atoms with E-state index in [1.807, 2.05) is 0 Å². The average Bonchev–Trinajstić information content (AvgIpc) is 2.21. The van der Waals surface area contributed by atoms with Crippen molar-refractivity contribution in [2.45, 2.75) is 24.3 Å². The van der Waals surface area contributed by atoms with Gasteiger partial charge in [0, 0.05) is 6.08 Å². The topological polar surface area (TPSA) is 72.8 Å². The molecule has 0 spiro atoms. The molecule has 0 aromatic rings. The number of aliphatic hydroxyl groups excluding tert-OH is 1. The van der Waals surface area contributed by atoms with Gasteiger partial charge >= 0.3 is 11.9 Å². The van der Waals surface area contributed by atoms with E-state index in [0.717, 1.165) is 6.08 Å². The van der Waals surface area contributed by atoms with Crippen LogP contribution in [0.1, 0.15) is 13.8 Å². The average molecular weight is 295 g/mol. The molecule has 0 heterocycles. The maximum atomic E-state index is 11.4. The van der Waals surface area contributed by atoms with E-state index in [0.29, 0.717) is 0 Å². The van der Waals surface area contributed by atoms with E-state index in [9.17, 15) is 9.59 Å². The molecule has 0 aliphatic heterocycles. The van der Waals surface area contributed by atoms with Gasteiger partial charge in [0.05, 0.1) is 6.61 Å². The lowest BCUT2D eigenvalue weighted by Gasteiger charge is -2.20. The minimum absolute atomic E-state index is 0.198. The van der Waals surface area contributed by atoms with Crippen LogP contribution in [0.5, 0.6) is 0 Å². The standard InChI is InChI=1S/C10H15BrO5/c1-4-8(13)15-6-7(5-12)16-9(14)10(2,3)11/h4,7,12H,1,5-6H2,2-3H3. The molecule has 0 amide bonds. The van der Waals surface area contributed by atoms with Crippen molar-refractivity contribution in [1.29, 1.82) is 0 Å². The third-order valence-electron chi connectivity index (χ3n) is 1.54. The van der Waals surface area contributed by atoms with Gasteiger partial charge in [-0.05, 0) is 13.8 Å². The summed E-state index contributed by atoms with van der Waals surface area (Å²) < 4.78 is 8.72. The van der Waals surface area contributed by atoms with Crippen molar-refractivity contribution in [3.63, 3.8) is 0 Å². The molecule has 0 aliphatic rings. The highest BCUT2D eigenvalue weighted by Gasteiger charge is 2.28. The van der Waals surface area contributed by atoms with Crippen molar-refractivity contribution in [3.8, 4) is 0 Å². The Morgan fingerprint density at radius 2 is 2.12 bits per heavy atom. The molecule has 0 fully saturated rings. The number of esters is 2. The molecule has 16 heavy (non-hydrogen) atoms. The second-order valence-electron chi connectivity index (χ2n) is 3.52. The Hall–Kier alpha value is -0.880. The first-order valence-electron chi connectivity index (χ1n) is 4.61. The predicted molar refractivity (Wildman–Crippen MR) is 61.1 cm³/mol. The number of alkyl halides is 1. The molecule has 0 rings (SSSR count). The van der Waals surface area contributed by atoms with Gasteiger partial charge in [0.15, 0.2) is 6.10 Å². The van der Waals surface area contributed by atoms with Crippen molar-refractivity contribution in [2.75, 3.05) is 13.2 Å². The summed E-state index contributed by atoms with van der Waals surface area (Å²) in [6.45, 7) is 5.82. The van der Waals surface area contributed by atoms with Gasteiger partial charge in [-0.3, -0.25) is 4.79 Å². The van der Waals surface area contributed by atoms with Gasteiger partial charge in [0.1, 0.15) is 10.9 Å². The van der Waals surface area contributed by atoms with E-state index in [4.69, 9.17) is 9.84 Å². The second-order valence-corrected chi connectivity index (χ2v) is 5.50. The highest BCUT2D eigenvalue weighted by molar-refractivity contribution is 9.10. The van der Waals surface area contributed by atoms with Gasteiger partial charge in [-0.15, -0.1) is 0 Å². The summed E-state index contributed by atoms with van der Waals surface area (Å²) in [6.07, 6.45) is 0.123. The van der Waals surface area contributed by atoms with Crippen LogP contribution >= 0.6 is 15.9 Å². The summed E-state index contributed by atoms with van der Waals surface area (Å²) >= 11 is 3.12. The highest BCUT2D eigenvalue weighted by Crippen LogP contribution is 2.18. The zero-order valence-corrected chi connectivity index (χ0v) is 10.8. The molecule has 0 radical (unpaired) electrons. The Balaban J connectivity index is 4.16. The molecule has 1 atom stereocenters. The van der Waals surface area contributed by atoms with Crippen LogP contribution in [0.3, 0.4) is 0 Å². The van der Waals surface area contributed by atoms with E-state index >= 15 is 0 Å². The van der Waals surface area contributed by atoms with Crippen molar-refractivity contribution in [2.24, 2.45) is 0 Å². The van der Waals surface area contributed by atoms with Crippen LogP contribution in [-0.4, -0.2) is 40.7 Å². The van der Waals surface area contributed by atoms with Crippen LogP contribution < -0.4 is 0 Å². The first-order valence-corrected chi connectivity index (χ1v) is 5.40. The molecule has 0 aliphatic carbocycles. The van der Waals surface area contributed by atoms with Crippen LogP contribution in [-0.2, 0) is 19.1 Å². The quantitative estimate of drug-likeness (QED) is 0.445. The zero-order chi connectivity index (χ0) is 12.8. The first-order chi connectivity index (χ1) is 7.31. The summed E-state index contributed by atoms with van der Waals surface area (Å²) in [5.74, 6) is -1.17. The molecule has 6 heteroatoms. The molecule has 0 aromatic carbocycles. The minimum Gasteiger partial charge on any atom is -0.458 e.